The van der Waals surface area contributed by atoms with E-state index >= 15 is 0 Å². The zero-order valence-electron chi connectivity index (χ0n) is 10.8. The molecule has 1 rings (SSSR count). The van der Waals surface area contributed by atoms with Crippen molar-refractivity contribution in [1.29, 1.82) is 0 Å². The first-order valence-corrected chi connectivity index (χ1v) is 6.46. The maximum atomic E-state index is 13.5. The minimum atomic E-state index is -0.268. The summed E-state index contributed by atoms with van der Waals surface area (Å²) >= 11 is 0. The van der Waals surface area contributed by atoms with Crippen LogP contribution in [-0.4, -0.2) is 6.54 Å². The first kappa shape index (κ1) is 13.8. The Morgan fingerprint density at radius 1 is 1.35 bits per heavy atom. The van der Waals surface area contributed by atoms with Crippen molar-refractivity contribution < 1.29 is 4.39 Å². The van der Waals surface area contributed by atoms with E-state index in [1.807, 2.05) is 0 Å². The minimum absolute atomic E-state index is 0.268. The van der Waals surface area contributed by atoms with Crippen molar-refractivity contribution in [3.63, 3.8) is 0 Å². The average molecular weight is 238 g/mol. The van der Waals surface area contributed by atoms with Crippen molar-refractivity contribution in [3.05, 3.63) is 24.0 Å². The van der Waals surface area contributed by atoms with E-state index in [0.29, 0.717) is 17.3 Å². The lowest BCUT2D eigenvalue weighted by Gasteiger charge is -2.16. The number of hydrogen-bond acceptors (Lipinski definition) is 2. The Labute approximate surface area is 103 Å². The first-order valence-electron chi connectivity index (χ1n) is 6.46. The van der Waals surface area contributed by atoms with Gasteiger partial charge in [-0.05, 0) is 30.5 Å². The molecule has 0 spiro atoms. The number of unbranched alkanes of at least 4 members (excludes halogenated alkanes) is 1. The van der Waals surface area contributed by atoms with Gasteiger partial charge in [-0.3, -0.25) is 0 Å². The van der Waals surface area contributed by atoms with Gasteiger partial charge in [0.05, 0.1) is 5.69 Å². The SMILES string of the molecule is CCCCC(CC)CNc1ccc(N)cc1F. The maximum Gasteiger partial charge on any atom is 0.148 e. The van der Waals surface area contributed by atoms with Crippen LogP contribution in [0.4, 0.5) is 15.8 Å². The number of halogens is 1. The fourth-order valence-corrected chi connectivity index (χ4v) is 1.87. The molecule has 0 aliphatic heterocycles. The molecule has 0 aliphatic rings. The van der Waals surface area contributed by atoms with E-state index in [1.165, 1.54) is 25.3 Å². The van der Waals surface area contributed by atoms with Crippen LogP contribution in [0.2, 0.25) is 0 Å². The van der Waals surface area contributed by atoms with Gasteiger partial charge in [0.1, 0.15) is 5.82 Å². The summed E-state index contributed by atoms with van der Waals surface area (Å²) in [6.45, 7) is 5.21. The monoisotopic (exact) mass is 238 g/mol. The van der Waals surface area contributed by atoms with Crippen LogP contribution in [0.25, 0.3) is 0 Å². The van der Waals surface area contributed by atoms with E-state index in [2.05, 4.69) is 19.2 Å². The topological polar surface area (TPSA) is 38.0 Å². The Kier molecular flexibility index (Phi) is 5.81. The van der Waals surface area contributed by atoms with Crippen LogP contribution in [0.3, 0.4) is 0 Å². The summed E-state index contributed by atoms with van der Waals surface area (Å²) in [7, 11) is 0. The van der Waals surface area contributed by atoms with Crippen molar-refractivity contribution >= 4 is 11.4 Å². The zero-order chi connectivity index (χ0) is 12.7. The molecular formula is C14H23FN2. The second-order valence-electron chi connectivity index (χ2n) is 4.54. The number of nitrogen functional groups attached to an aromatic ring is 1. The number of nitrogens with two attached hydrogens (primary N) is 1. The normalized spacial score (nSPS) is 12.4. The number of nitrogens with one attached hydrogen (secondary N) is 1. The van der Waals surface area contributed by atoms with E-state index in [0.717, 1.165) is 13.0 Å². The molecule has 0 amide bonds. The van der Waals surface area contributed by atoms with Crippen LogP contribution in [0.15, 0.2) is 18.2 Å². The van der Waals surface area contributed by atoms with Gasteiger partial charge in [0.15, 0.2) is 0 Å². The van der Waals surface area contributed by atoms with Crippen LogP contribution >= 0.6 is 0 Å². The summed E-state index contributed by atoms with van der Waals surface area (Å²) in [6, 6.07) is 4.78. The molecule has 0 aromatic heterocycles. The number of benzene rings is 1. The molecule has 2 nitrogen and oxygen atoms in total. The molecule has 0 saturated carbocycles. The van der Waals surface area contributed by atoms with Gasteiger partial charge in [0.2, 0.25) is 0 Å². The summed E-state index contributed by atoms with van der Waals surface area (Å²) in [4.78, 5) is 0. The predicted octanol–water partition coefficient (Wildman–Crippen LogP) is 4.04. The molecule has 0 aliphatic carbocycles. The summed E-state index contributed by atoms with van der Waals surface area (Å²) in [5.74, 6) is 0.349. The van der Waals surface area contributed by atoms with Gasteiger partial charge in [0.25, 0.3) is 0 Å². The molecule has 3 heteroatoms. The molecule has 0 fully saturated rings. The largest absolute Gasteiger partial charge is 0.399 e. The lowest BCUT2D eigenvalue weighted by molar-refractivity contribution is 0.471. The zero-order valence-corrected chi connectivity index (χ0v) is 10.8. The second-order valence-corrected chi connectivity index (χ2v) is 4.54. The van der Waals surface area contributed by atoms with Crippen LogP contribution in [-0.2, 0) is 0 Å². The molecule has 0 bridgehead atoms. The van der Waals surface area contributed by atoms with Crippen LogP contribution in [0.5, 0.6) is 0 Å². The third kappa shape index (κ3) is 4.63. The molecule has 17 heavy (non-hydrogen) atoms. The fraction of sp³-hybridized carbons (Fsp3) is 0.571. The molecule has 1 aromatic rings. The van der Waals surface area contributed by atoms with E-state index in [1.54, 1.807) is 12.1 Å². The number of rotatable bonds is 7. The van der Waals surface area contributed by atoms with Gasteiger partial charge >= 0.3 is 0 Å². The van der Waals surface area contributed by atoms with E-state index < -0.39 is 0 Å². The smallest absolute Gasteiger partial charge is 0.148 e. The Balaban J connectivity index is 2.47. The van der Waals surface area contributed by atoms with Gasteiger partial charge in [-0.15, -0.1) is 0 Å². The van der Waals surface area contributed by atoms with Gasteiger partial charge in [-0.1, -0.05) is 33.1 Å². The Hall–Kier alpha value is -1.25. The minimum Gasteiger partial charge on any atom is -0.399 e. The molecule has 3 N–H and O–H groups in total. The van der Waals surface area contributed by atoms with Crippen molar-refractivity contribution in [1.82, 2.24) is 0 Å². The molecule has 0 heterocycles. The van der Waals surface area contributed by atoms with Gasteiger partial charge in [-0.2, -0.15) is 0 Å². The number of hydrogen-bond donors (Lipinski definition) is 2. The van der Waals surface area contributed by atoms with Crippen molar-refractivity contribution in [3.8, 4) is 0 Å². The van der Waals surface area contributed by atoms with Crippen molar-refractivity contribution in [2.45, 2.75) is 39.5 Å². The fourth-order valence-electron chi connectivity index (χ4n) is 1.87. The molecular weight excluding hydrogens is 215 g/mol. The standard InChI is InChI=1S/C14H23FN2/c1-3-5-6-11(4-2)10-17-14-8-7-12(16)9-13(14)15/h7-9,11,17H,3-6,10,16H2,1-2H3. The summed E-state index contributed by atoms with van der Waals surface area (Å²) in [5, 5.41) is 3.17. The van der Waals surface area contributed by atoms with E-state index in [9.17, 15) is 4.39 Å². The molecule has 1 atom stereocenters. The predicted molar refractivity (Wildman–Crippen MR) is 72.6 cm³/mol. The van der Waals surface area contributed by atoms with Gasteiger partial charge < -0.3 is 11.1 Å². The Morgan fingerprint density at radius 3 is 2.71 bits per heavy atom. The van der Waals surface area contributed by atoms with Crippen LogP contribution < -0.4 is 11.1 Å². The summed E-state index contributed by atoms with van der Waals surface area (Å²) in [6.07, 6.45) is 4.79. The molecule has 96 valence electrons. The number of anilines is 2. The highest BCUT2D eigenvalue weighted by Gasteiger charge is 2.07. The van der Waals surface area contributed by atoms with Crippen LogP contribution in [0.1, 0.15) is 39.5 Å². The first-order chi connectivity index (χ1) is 8.17. The van der Waals surface area contributed by atoms with Crippen LogP contribution in [0, 0.1) is 11.7 Å². The lowest BCUT2D eigenvalue weighted by Crippen LogP contribution is -2.14. The molecule has 0 radical (unpaired) electrons. The third-order valence-corrected chi connectivity index (χ3v) is 3.12. The quantitative estimate of drug-likeness (QED) is 0.704. The Morgan fingerprint density at radius 2 is 2.12 bits per heavy atom. The Bertz CT molecular complexity index is 339. The highest BCUT2D eigenvalue weighted by Crippen LogP contribution is 2.19. The highest BCUT2D eigenvalue weighted by molar-refractivity contribution is 5.52. The molecule has 1 aromatic carbocycles. The summed E-state index contributed by atoms with van der Waals surface area (Å²) < 4.78 is 13.5. The molecule has 0 saturated heterocycles. The third-order valence-electron chi connectivity index (χ3n) is 3.12. The van der Waals surface area contributed by atoms with Gasteiger partial charge in [-0.25, -0.2) is 4.39 Å². The maximum absolute atomic E-state index is 13.5. The second kappa shape index (κ2) is 7.15. The molecule has 1 unspecified atom stereocenters. The lowest BCUT2D eigenvalue weighted by atomic mass is 9.99. The van der Waals surface area contributed by atoms with E-state index in [-0.39, 0.29) is 5.82 Å². The van der Waals surface area contributed by atoms with E-state index in [4.69, 9.17) is 5.73 Å². The average Bonchev–Trinajstić information content (AvgIpc) is 2.31. The van der Waals surface area contributed by atoms with Crippen molar-refractivity contribution in [2.75, 3.05) is 17.6 Å². The van der Waals surface area contributed by atoms with Gasteiger partial charge in [0, 0.05) is 12.2 Å². The summed E-state index contributed by atoms with van der Waals surface area (Å²) in [5.41, 5.74) is 6.52. The van der Waals surface area contributed by atoms with Crippen molar-refractivity contribution in [2.24, 2.45) is 5.92 Å². The highest BCUT2D eigenvalue weighted by atomic mass is 19.1.